The van der Waals surface area contributed by atoms with E-state index in [1.54, 1.807) is 0 Å². The highest BCUT2D eigenvalue weighted by molar-refractivity contribution is 4.88. The van der Waals surface area contributed by atoms with Crippen molar-refractivity contribution in [2.45, 2.75) is 24.9 Å². The van der Waals surface area contributed by atoms with Crippen LogP contribution in [0.4, 0.5) is 0 Å². The molecule has 1 aromatic heterocycles. The Labute approximate surface area is 89.9 Å². The van der Waals surface area contributed by atoms with E-state index in [1.165, 1.54) is 16.8 Å². The Morgan fingerprint density at radius 2 is 2.31 bits per heavy atom. The van der Waals surface area contributed by atoms with Crippen LogP contribution in [0.1, 0.15) is 12.6 Å². The topological polar surface area (TPSA) is 105 Å². The van der Waals surface area contributed by atoms with Crippen molar-refractivity contribution in [1.29, 1.82) is 0 Å². The lowest BCUT2D eigenvalue weighted by molar-refractivity contribution is -0.0459. The molecular formula is C9H12N2O5. The number of aromatic nitrogens is 2. The van der Waals surface area contributed by atoms with Crippen molar-refractivity contribution in [3.8, 4) is 0 Å². The maximum atomic E-state index is 11.4. The fourth-order valence-corrected chi connectivity index (χ4v) is 1.70. The van der Waals surface area contributed by atoms with Crippen LogP contribution in [0.5, 0.6) is 0 Å². The zero-order valence-corrected chi connectivity index (χ0v) is 8.37. The molecule has 1 aliphatic rings. The number of aliphatic hydroxyl groups excluding tert-OH is 2. The van der Waals surface area contributed by atoms with Crippen LogP contribution >= 0.6 is 0 Å². The minimum atomic E-state index is -0.811. The van der Waals surface area contributed by atoms with Crippen LogP contribution in [0.15, 0.2) is 21.9 Å². The summed E-state index contributed by atoms with van der Waals surface area (Å²) in [6.45, 7) is -0.310. The number of aliphatic hydroxyl groups is 2. The van der Waals surface area contributed by atoms with Crippen LogP contribution in [-0.4, -0.2) is 38.6 Å². The van der Waals surface area contributed by atoms with Crippen molar-refractivity contribution in [3.05, 3.63) is 33.1 Å². The SMILES string of the molecule is O=c1ccn([C@H]2CC(O)C(CO)O2)c(=O)[nH]1. The Balaban J connectivity index is 2.27. The van der Waals surface area contributed by atoms with Gasteiger partial charge < -0.3 is 14.9 Å². The summed E-state index contributed by atoms with van der Waals surface area (Å²) in [6.07, 6.45) is -0.649. The maximum Gasteiger partial charge on any atom is 0.330 e. The third-order valence-electron chi connectivity index (χ3n) is 2.55. The Morgan fingerprint density at radius 1 is 1.56 bits per heavy atom. The first-order valence-electron chi connectivity index (χ1n) is 4.87. The zero-order valence-electron chi connectivity index (χ0n) is 8.37. The third kappa shape index (κ3) is 1.92. The maximum absolute atomic E-state index is 11.4. The lowest BCUT2D eigenvalue weighted by Gasteiger charge is -2.13. The summed E-state index contributed by atoms with van der Waals surface area (Å²) < 4.78 is 6.45. The van der Waals surface area contributed by atoms with Crippen LogP contribution in [0.3, 0.4) is 0 Å². The van der Waals surface area contributed by atoms with Crippen molar-refractivity contribution >= 4 is 0 Å². The lowest BCUT2D eigenvalue weighted by atomic mass is 10.2. The van der Waals surface area contributed by atoms with Crippen molar-refractivity contribution < 1.29 is 14.9 Å². The molecule has 1 aromatic rings. The highest BCUT2D eigenvalue weighted by Crippen LogP contribution is 2.26. The minimum absolute atomic E-state index is 0.206. The van der Waals surface area contributed by atoms with Gasteiger partial charge in [-0.25, -0.2) is 4.79 Å². The standard InChI is InChI=1S/C9H12N2O5/c12-4-6-5(13)3-8(16-6)11-2-1-7(14)10-9(11)15/h1-2,5-6,8,12-13H,3-4H2,(H,10,14,15)/t5?,6?,8-/m1/s1. The normalized spacial score (nSPS) is 29.5. The summed E-state index contributed by atoms with van der Waals surface area (Å²) in [5.41, 5.74) is -1.08. The average molecular weight is 228 g/mol. The highest BCUT2D eigenvalue weighted by atomic mass is 16.5. The molecule has 1 saturated heterocycles. The molecule has 0 saturated carbocycles. The minimum Gasteiger partial charge on any atom is -0.394 e. The van der Waals surface area contributed by atoms with E-state index >= 15 is 0 Å². The van der Waals surface area contributed by atoms with Crippen LogP contribution in [0, 0.1) is 0 Å². The molecule has 0 bridgehead atoms. The summed E-state index contributed by atoms with van der Waals surface area (Å²) in [5.74, 6) is 0. The lowest BCUT2D eigenvalue weighted by Crippen LogP contribution is -2.31. The van der Waals surface area contributed by atoms with Crippen LogP contribution < -0.4 is 11.2 Å². The van der Waals surface area contributed by atoms with Gasteiger partial charge >= 0.3 is 5.69 Å². The van der Waals surface area contributed by atoms with Gasteiger partial charge in [-0.2, -0.15) is 0 Å². The monoisotopic (exact) mass is 228 g/mol. The smallest absolute Gasteiger partial charge is 0.330 e. The number of rotatable bonds is 2. The van der Waals surface area contributed by atoms with Gasteiger partial charge in [-0.1, -0.05) is 0 Å². The summed E-state index contributed by atoms with van der Waals surface area (Å²) >= 11 is 0. The first-order chi connectivity index (χ1) is 7.61. The van der Waals surface area contributed by atoms with E-state index in [1.807, 2.05) is 0 Å². The Bertz CT molecular complexity index is 479. The summed E-state index contributed by atoms with van der Waals surface area (Å²) in [5, 5.41) is 18.4. The van der Waals surface area contributed by atoms with E-state index in [0.717, 1.165) is 0 Å². The molecule has 0 radical (unpaired) electrons. The van der Waals surface area contributed by atoms with Crippen molar-refractivity contribution in [2.75, 3.05) is 6.61 Å². The van der Waals surface area contributed by atoms with E-state index in [2.05, 4.69) is 4.98 Å². The summed E-state index contributed by atoms with van der Waals surface area (Å²) in [7, 11) is 0. The van der Waals surface area contributed by atoms with E-state index < -0.39 is 29.7 Å². The second-order valence-corrected chi connectivity index (χ2v) is 3.63. The van der Waals surface area contributed by atoms with Gasteiger partial charge in [0.1, 0.15) is 12.3 Å². The molecule has 1 aliphatic heterocycles. The quantitative estimate of drug-likeness (QED) is 0.552. The molecule has 1 fully saturated rings. The van der Waals surface area contributed by atoms with Gasteiger partial charge in [0.05, 0.1) is 12.7 Å². The molecule has 7 heteroatoms. The van der Waals surface area contributed by atoms with Crippen molar-refractivity contribution in [3.63, 3.8) is 0 Å². The molecular weight excluding hydrogens is 216 g/mol. The second-order valence-electron chi connectivity index (χ2n) is 3.63. The predicted octanol–water partition coefficient (Wildman–Crippen LogP) is -1.82. The van der Waals surface area contributed by atoms with Gasteiger partial charge in [0.25, 0.3) is 5.56 Å². The Kier molecular flexibility index (Phi) is 2.90. The van der Waals surface area contributed by atoms with Crippen molar-refractivity contribution in [1.82, 2.24) is 9.55 Å². The fourth-order valence-electron chi connectivity index (χ4n) is 1.70. The van der Waals surface area contributed by atoms with Crippen LogP contribution in [0.2, 0.25) is 0 Å². The van der Waals surface area contributed by atoms with E-state index in [4.69, 9.17) is 9.84 Å². The molecule has 3 atom stereocenters. The van der Waals surface area contributed by atoms with Gasteiger partial charge in [0.15, 0.2) is 0 Å². The molecule has 2 heterocycles. The molecule has 3 N–H and O–H groups in total. The first-order valence-corrected chi connectivity index (χ1v) is 4.87. The number of nitrogens with zero attached hydrogens (tertiary/aromatic N) is 1. The molecule has 88 valence electrons. The second kappa shape index (κ2) is 4.20. The molecule has 0 amide bonds. The van der Waals surface area contributed by atoms with Crippen molar-refractivity contribution in [2.24, 2.45) is 0 Å². The number of hydrogen-bond acceptors (Lipinski definition) is 5. The highest BCUT2D eigenvalue weighted by Gasteiger charge is 2.34. The molecule has 0 aliphatic carbocycles. The molecule has 0 aromatic carbocycles. The largest absolute Gasteiger partial charge is 0.394 e. The van der Waals surface area contributed by atoms with Crippen LogP contribution in [0.25, 0.3) is 0 Å². The average Bonchev–Trinajstić information content (AvgIpc) is 2.59. The summed E-state index contributed by atoms with van der Waals surface area (Å²) in [4.78, 5) is 24.3. The number of aromatic amines is 1. The van der Waals surface area contributed by atoms with Gasteiger partial charge in [-0.3, -0.25) is 14.3 Å². The Hall–Kier alpha value is -1.44. The van der Waals surface area contributed by atoms with Gasteiger partial charge in [-0.05, 0) is 0 Å². The number of hydrogen-bond donors (Lipinski definition) is 3. The fraction of sp³-hybridized carbons (Fsp3) is 0.556. The predicted molar refractivity (Wildman–Crippen MR) is 52.9 cm³/mol. The van der Waals surface area contributed by atoms with Gasteiger partial charge in [-0.15, -0.1) is 0 Å². The molecule has 7 nitrogen and oxygen atoms in total. The van der Waals surface area contributed by atoms with Crippen LogP contribution in [-0.2, 0) is 4.74 Å². The molecule has 2 unspecified atom stereocenters. The van der Waals surface area contributed by atoms with Gasteiger partial charge in [0.2, 0.25) is 0 Å². The Morgan fingerprint density at radius 3 is 2.88 bits per heavy atom. The number of nitrogens with one attached hydrogen (secondary N) is 1. The molecule has 2 rings (SSSR count). The van der Waals surface area contributed by atoms with E-state index in [9.17, 15) is 14.7 Å². The van der Waals surface area contributed by atoms with Gasteiger partial charge in [0, 0.05) is 18.7 Å². The third-order valence-corrected chi connectivity index (χ3v) is 2.55. The number of ether oxygens (including phenoxy) is 1. The van der Waals surface area contributed by atoms with E-state index in [0.29, 0.717) is 0 Å². The summed E-state index contributed by atoms with van der Waals surface area (Å²) in [6, 6.07) is 1.20. The van der Waals surface area contributed by atoms with E-state index in [-0.39, 0.29) is 13.0 Å². The first kappa shape index (κ1) is 11.1. The zero-order chi connectivity index (χ0) is 11.7. The molecule has 16 heavy (non-hydrogen) atoms. The molecule has 0 spiro atoms. The number of H-pyrrole nitrogens is 1.